The lowest BCUT2D eigenvalue weighted by atomic mass is 10.0. The summed E-state index contributed by atoms with van der Waals surface area (Å²) in [6.07, 6.45) is 1.13. The summed E-state index contributed by atoms with van der Waals surface area (Å²) in [7, 11) is 0. The van der Waals surface area contributed by atoms with Gasteiger partial charge in [-0.2, -0.15) is 0 Å². The van der Waals surface area contributed by atoms with E-state index in [-0.39, 0.29) is 5.54 Å². The average Bonchev–Trinajstić information content (AvgIpc) is 2.87. The highest BCUT2D eigenvalue weighted by Gasteiger charge is 2.30. The van der Waals surface area contributed by atoms with Crippen molar-refractivity contribution in [1.29, 1.82) is 0 Å². The van der Waals surface area contributed by atoms with Crippen LogP contribution in [0.15, 0.2) is 47.5 Å². The second-order valence-electron chi connectivity index (χ2n) is 5.59. The Morgan fingerprint density at radius 2 is 2.00 bits per heavy atom. The first-order chi connectivity index (χ1) is 9.70. The SMILES string of the molecule is CCC1(C)CSC(=NCc2cccc3ccccc23)N1. The summed E-state index contributed by atoms with van der Waals surface area (Å²) in [5.41, 5.74) is 1.51. The first kappa shape index (κ1) is 13.5. The minimum atomic E-state index is 0.211. The molecule has 1 N–H and O–H groups in total. The summed E-state index contributed by atoms with van der Waals surface area (Å²) in [6.45, 7) is 5.23. The third-order valence-electron chi connectivity index (χ3n) is 3.99. The summed E-state index contributed by atoms with van der Waals surface area (Å²) < 4.78 is 0. The number of rotatable bonds is 3. The summed E-state index contributed by atoms with van der Waals surface area (Å²) in [5, 5.41) is 7.23. The maximum absolute atomic E-state index is 4.76. The number of amidine groups is 1. The molecule has 1 fully saturated rings. The molecule has 2 nitrogen and oxygen atoms in total. The zero-order valence-corrected chi connectivity index (χ0v) is 12.8. The van der Waals surface area contributed by atoms with Gasteiger partial charge in [-0.3, -0.25) is 4.99 Å². The number of nitrogens with one attached hydrogen (secondary N) is 1. The molecule has 1 aliphatic heterocycles. The van der Waals surface area contributed by atoms with Crippen LogP contribution < -0.4 is 5.32 Å². The van der Waals surface area contributed by atoms with Crippen molar-refractivity contribution < 1.29 is 0 Å². The first-order valence-electron chi connectivity index (χ1n) is 7.12. The Labute approximate surface area is 124 Å². The molecule has 0 aromatic heterocycles. The van der Waals surface area contributed by atoms with Gasteiger partial charge in [0.1, 0.15) is 0 Å². The average molecular weight is 284 g/mol. The number of benzene rings is 2. The van der Waals surface area contributed by atoms with Gasteiger partial charge in [0.2, 0.25) is 0 Å². The predicted octanol–water partition coefficient (Wildman–Crippen LogP) is 4.20. The van der Waals surface area contributed by atoms with Gasteiger partial charge in [-0.15, -0.1) is 0 Å². The monoisotopic (exact) mass is 284 g/mol. The lowest BCUT2D eigenvalue weighted by molar-refractivity contribution is 0.466. The Hall–Kier alpha value is -1.48. The molecule has 104 valence electrons. The molecule has 0 aliphatic carbocycles. The highest BCUT2D eigenvalue weighted by Crippen LogP contribution is 2.26. The number of aliphatic imine (C=N–C) groups is 1. The van der Waals surface area contributed by atoms with E-state index < -0.39 is 0 Å². The van der Waals surface area contributed by atoms with E-state index in [0.29, 0.717) is 0 Å². The Bertz CT molecular complexity index is 645. The molecular weight excluding hydrogens is 264 g/mol. The summed E-state index contributed by atoms with van der Waals surface area (Å²) in [6, 6.07) is 14.9. The molecule has 1 saturated heterocycles. The normalized spacial score (nSPS) is 24.2. The van der Waals surface area contributed by atoms with Crippen LogP contribution >= 0.6 is 11.8 Å². The second-order valence-corrected chi connectivity index (χ2v) is 6.55. The van der Waals surface area contributed by atoms with Crippen LogP contribution in [0.1, 0.15) is 25.8 Å². The number of fused-ring (bicyclic) bond motifs is 1. The van der Waals surface area contributed by atoms with Gasteiger partial charge in [0, 0.05) is 11.3 Å². The van der Waals surface area contributed by atoms with E-state index in [1.54, 1.807) is 0 Å². The molecule has 20 heavy (non-hydrogen) atoms. The Morgan fingerprint density at radius 3 is 2.80 bits per heavy atom. The van der Waals surface area contributed by atoms with Crippen molar-refractivity contribution in [2.24, 2.45) is 4.99 Å². The van der Waals surface area contributed by atoms with Crippen molar-refractivity contribution in [3.8, 4) is 0 Å². The highest BCUT2D eigenvalue weighted by atomic mass is 32.2. The van der Waals surface area contributed by atoms with Crippen LogP contribution in [0.5, 0.6) is 0 Å². The first-order valence-corrected chi connectivity index (χ1v) is 8.11. The van der Waals surface area contributed by atoms with Crippen LogP contribution in [0.25, 0.3) is 10.8 Å². The smallest absolute Gasteiger partial charge is 0.157 e. The molecule has 1 atom stereocenters. The lowest BCUT2D eigenvalue weighted by Gasteiger charge is -2.20. The van der Waals surface area contributed by atoms with Crippen LogP contribution in [0.4, 0.5) is 0 Å². The minimum Gasteiger partial charge on any atom is -0.359 e. The molecule has 0 spiro atoms. The van der Waals surface area contributed by atoms with Crippen molar-refractivity contribution in [3.05, 3.63) is 48.0 Å². The quantitative estimate of drug-likeness (QED) is 0.913. The van der Waals surface area contributed by atoms with Crippen molar-refractivity contribution >= 4 is 27.7 Å². The molecule has 1 aliphatic rings. The van der Waals surface area contributed by atoms with Gasteiger partial charge in [-0.05, 0) is 29.7 Å². The van der Waals surface area contributed by atoms with Crippen molar-refractivity contribution in [1.82, 2.24) is 5.32 Å². The Kier molecular flexibility index (Phi) is 3.70. The van der Waals surface area contributed by atoms with E-state index >= 15 is 0 Å². The molecule has 1 unspecified atom stereocenters. The van der Waals surface area contributed by atoms with Gasteiger partial charge in [0.15, 0.2) is 5.17 Å². The minimum absolute atomic E-state index is 0.211. The third-order valence-corrected chi connectivity index (χ3v) is 5.28. The lowest BCUT2D eigenvalue weighted by Crippen LogP contribution is -2.39. The number of hydrogen-bond acceptors (Lipinski definition) is 2. The van der Waals surface area contributed by atoms with E-state index in [1.165, 1.54) is 16.3 Å². The molecular formula is C17H20N2S. The number of thioether (sulfide) groups is 1. The van der Waals surface area contributed by atoms with E-state index in [1.807, 2.05) is 11.8 Å². The maximum atomic E-state index is 4.76. The fourth-order valence-corrected chi connectivity index (χ4v) is 3.63. The molecule has 0 saturated carbocycles. The van der Waals surface area contributed by atoms with Crippen molar-refractivity contribution in [2.75, 3.05) is 5.75 Å². The van der Waals surface area contributed by atoms with Crippen LogP contribution in [0.2, 0.25) is 0 Å². The predicted molar refractivity (Wildman–Crippen MR) is 89.4 cm³/mol. The largest absolute Gasteiger partial charge is 0.359 e. The fourth-order valence-electron chi connectivity index (χ4n) is 2.42. The van der Waals surface area contributed by atoms with E-state index in [9.17, 15) is 0 Å². The van der Waals surface area contributed by atoms with Crippen LogP contribution in [-0.2, 0) is 6.54 Å². The van der Waals surface area contributed by atoms with Crippen LogP contribution in [-0.4, -0.2) is 16.5 Å². The molecule has 2 aromatic rings. The third kappa shape index (κ3) is 2.68. The summed E-state index contributed by atoms with van der Waals surface area (Å²) in [5.74, 6) is 1.11. The molecule has 1 heterocycles. The van der Waals surface area contributed by atoms with Gasteiger partial charge >= 0.3 is 0 Å². The summed E-state index contributed by atoms with van der Waals surface area (Å²) >= 11 is 1.84. The molecule has 0 radical (unpaired) electrons. The molecule has 0 amide bonds. The number of hydrogen-bond donors (Lipinski definition) is 1. The van der Waals surface area contributed by atoms with Crippen molar-refractivity contribution in [3.63, 3.8) is 0 Å². The van der Waals surface area contributed by atoms with Crippen molar-refractivity contribution in [2.45, 2.75) is 32.4 Å². The highest BCUT2D eigenvalue weighted by molar-refractivity contribution is 8.14. The molecule has 3 rings (SSSR count). The Morgan fingerprint density at radius 1 is 1.20 bits per heavy atom. The van der Waals surface area contributed by atoms with Gasteiger partial charge in [-0.25, -0.2) is 0 Å². The Balaban J connectivity index is 1.81. The molecule has 0 bridgehead atoms. The topological polar surface area (TPSA) is 24.4 Å². The maximum Gasteiger partial charge on any atom is 0.157 e. The van der Waals surface area contributed by atoms with Crippen LogP contribution in [0.3, 0.4) is 0 Å². The summed E-state index contributed by atoms with van der Waals surface area (Å²) in [4.78, 5) is 4.76. The standard InChI is InChI=1S/C17H20N2S/c1-3-17(2)12-20-16(19-17)18-11-14-9-6-8-13-7-4-5-10-15(13)14/h4-10H,3,11-12H2,1-2H3,(H,18,19). The zero-order chi connectivity index (χ0) is 14.0. The van der Waals surface area contributed by atoms with E-state index in [0.717, 1.165) is 23.9 Å². The van der Waals surface area contributed by atoms with Gasteiger partial charge < -0.3 is 5.32 Å². The van der Waals surface area contributed by atoms with E-state index in [2.05, 4.69) is 61.6 Å². The fraction of sp³-hybridized carbons (Fsp3) is 0.353. The zero-order valence-electron chi connectivity index (χ0n) is 12.0. The van der Waals surface area contributed by atoms with Crippen LogP contribution in [0, 0.1) is 0 Å². The molecule has 2 aromatic carbocycles. The van der Waals surface area contributed by atoms with Gasteiger partial charge in [0.25, 0.3) is 0 Å². The van der Waals surface area contributed by atoms with Gasteiger partial charge in [0.05, 0.1) is 6.54 Å². The second kappa shape index (κ2) is 5.49. The molecule has 3 heteroatoms. The number of nitrogens with zero attached hydrogens (tertiary/aromatic N) is 1. The van der Waals surface area contributed by atoms with E-state index in [4.69, 9.17) is 4.99 Å². The van der Waals surface area contributed by atoms with Gasteiger partial charge in [-0.1, -0.05) is 61.2 Å².